The molecule has 1 aromatic heterocycles. The average Bonchev–Trinajstić information content (AvgIpc) is 3.24. The number of benzene rings is 3. The first-order valence-corrected chi connectivity index (χ1v) is 12.2. The van der Waals surface area contributed by atoms with Crippen molar-refractivity contribution in [1.29, 1.82) is 0 Å². The number of imide groups is 1. The summed E-state index contributed by atoms with van der Waals surface area (Å²) in [4.78, 5) is 27.3. The number of hydrogen-bond donors (Lipinski definition) is 0. The monoisotopic (exact) mass is 516 g/mol. The fourth-order valence-corrected chi connectivity index (χ4v) is 5.60. The molecule has 0 saturated carbocycles. The van der Waals surface area contributed by atoms with Gasteiger partial charge in [0.2, 0.25) is 0 Å². The summed E-state index contributed by atoms with van der Waals surface area (Å²) in [5.74, 6) is -0.243. The Hall–Kier alpha value is -3.09. The quantitative estimate of drug-likeness (QED) is 0.268. The van der Waals surface area contributed by atoms with E-state index in [2.05, 4.69) is 57.8 Å². The second kappa shape index (κ2) is 8.69. The maximum atomic E-state index is 13.0. The van der Waals surface area contributed by atoms with Crippen molar-refractivity contribution in [1.82, 2.24) is 9.47 Å². The molecule has 0 bridgehead atoms. The van der Waals surface area contributed by atoms with E-state index in [1.807, 2.05) is 55.5 Å². The summed E-state index contributed by atoms with van der Waals surface area (Å²) in [6.07, 6.45) is 1.84. The van der Waals surface area contributed by atoms with Gasteiger partial charge in [-0.1, -0.05) is 70.5 Å². The number of rotatable bonds is 4. The van der Waals surface area contributed by atoms with Crippen LogP contribution in [0, 0.1) is 13.8 Å². The van der Waals surface area contributed by atoms with Crippen LogP contribution in [-0.4, -0.2) is 20.6 Å². The molecule has 2 heterocycles. The van der Waals surface area contributed by atoms with Gasteiger partial charge in [0.25, 0.3) is 11.1 Å². The summed E-state index contributed by atoms with van der Waals surface area (Å²) in [5.41, 5.74) is 5.04. The van der Waals surface area contributed by atoms with Crippen molar-refractivity contribution < 1.29 is 9.59 Å². The zero-order valence-corrected chi connectivity index (χ0v) is 20.6. The fourth-order valence-electron chi connectivity index (χ4n) is 4.29. The van der Waals surface area contributed by atoms with Gasteiger partial charge in [0, 0.05) is 21.2 Å². The van der Waals surface area contributed by atoms with Gasteiger partial charge in [-0.15, -0.1) is 0 Å². The van der Waals surface area contributed by atoms with Gasteiger partial charge in [-0.2, -0.15) is 0 Å². The normalized spacial score (nSPS) is 15.2. The Morgan fingerprint density at radius 2 is 1.61 bits per heavy atom. The molecule has 1 aliphatic rings. The molecule has 3 aromatic carbocycles. The number of amides is 2. The average molecular weight is 517 g/mol. The third-order valence-electron chi connectivity index (χ3n) is 5.90. The number of nitrogens with zero attached hydrogens (tertiary/aromatic N) is 2. The highest BCUT2D eigenvalue weighted by atomic mass is 79.9. The summed E-state index contributed by atoms with van der Waals surface area (Å²) in [6.45, 7) is 4.39. The van der Waals surface area contributed by atoms with Crippen molar-refractivity contribution in [2.45, 2.75) is 20.4 Å². The molecule has 0 radical (unpaired) electrons. The minimum atomic E-state index is -0.243. The molecular formula is C27H21BrN2O2S. The Labute approximate surface area is 205 Å². The molecule has 0 aliphatic carbocycles. The van der Waals surface area contributed by atoms with Crippen LogP contribution >= 0.6 is 27.7 Å². The zero-order valence-electron chi connectivity index (χ0n) is 18.2. The maximum absolute atomic E-state index is 13.0. The molecule has 0 spiro atoms. The van der Waals surface area contributed by atoms with Crippen molar-refractivity contribution in [2.75, 3.05) is 0 Å². The molecular weight excluding hydrogens is 496 g/mol. The molecule has 0 atom stereocenters. The lowest BCUT2D eigenvalue weighted by atomic mass is 10.1. The van der Waals surface area contributed by atoms with Crippen LogP contribution in [0.15, 0.2) is 82.2 Å². The second-order valence-electron chi connectivity index (χ2n) is 8.03. The van der Waals surface area contributed by atoms with Crippen LogP contribution in [0.25, 0.3) is 22.5 Å². The standard InChI is InChI=1S/C27H21BrN2O2S/c1-17-14-20(15-25-26(31)29(27(32)33-25)16-19-8-4-3-5-9-19)18(2)30(17)24-13-12-23(28)21-10-6-7-11-22(21)24/h3-15H,16H2,1-2H3/b25-15-. The van der Waals surface area contributed by atoms with Crippen molar-refractivity contribution in [3.63, 3.8) is 0 Å². The summed E-state index contributed by atoms with van der Waals surface area (Å²) < 4.78 is 3.26. The van der Waals surface area contributed by atoms with Crippen LogP contribution < -0.4 is 0 Å². The predicted molar refractivity (Wildman–Crippen MR) is 138 cm³/mol. The van der Waals surface area contributed by atoms with Crippen LogP contribution in [0.2, 0.25) is 0 Å². The number of carbonyl (C=O) groups is 2. The van der Waals surface area contributed by atoms with Crippen molar-refractivity contribution in [2.24, 2.45) is 0 Å². The highest BCUT2D eigenvalue weighted by Crippen LogP contribution is 2.36. The highest BCUT2D eigenvalue weighted by Gasteiger charge is 2.35. The van der Waals surface area contributed by atoms with Crippen molar-refractivity contribution >= 4 is 55.7 Å². The molecule has 1 saturated heterocycles. The topological polar surface area (TPSA) is 42.3 Å². The lowest BCUT2D eigenvalue weighted by Gasteiger charge is -2.14. The molecule has 33 heavy (non-hydrogen) atoms. The Balaban J connectivity index is 1.52. The Morgan fingerprint density at radius 1 is 0.909 bits per heavy atom. The minimum Gasteiger partial charge on any atom is -0.317 e. The second-order valence-corrected chi connectivity index (χ2v) is 9.87. The van der Waals surface area contributed by atoms with Crippen LogP contribution in [0.1, 0.15) is 22.5 Å². The molecule has 1 aliphatic heterocycles. The van der Waals surface area contributed by atoms with Crippen LogP contribution in [0.4, 0.5) is 4.79 Å². The predicted octanol–water partition coefficient (Wildman–Crippen LogP) is 7.25. The lowest BCUT2D eigenvalue weighted by Crippen LogP contribution is -2.27. The van der Waals surface area contributed by atoms with Crippen LogP contribution in [0.3, 0.4) is 0 Å². The van der Waals surface area contributed by atoms with Gasteiger partial charge >= 0.3 is 0 Å². The summed E-state index contributed by atoms with van der Waals surface area (Å²) in [7, 11) is 0. The SMILES string of the molecule is Cc1cc(/C=C2\SC(=O)N(Cc3ccccc3)C2=O)c(C)n1-c1ccc(Br)c2ccccc12. The number of thioether (sulfide) groups is 1. The smallest absolute Gasteiger partial charge is 0.293 e. The van der Waals surface area contributed by atoms with E-state index >= 15 is 0 Å². The molecule has 0 N–H and O–H groups in total. The number of aryl methyl sites for hydroxylation is 1. The maximum Gasteiger partial charge on any atom is 0.293 e. The van der Waals surface area contributed by atoms with E-state index in [4.69, 9.17) is 0 Å². The summed E-state index contributed by atoms with van der Waals surface area (Å²) in [6, 6.07) is 24.1. The number of hydrogen-bond acceptors (Lipinski definition) is 3. The van der Waals surface area contributed by atoms with Gasteiger partial charge in [0.15, 0.2) is 0 Å². The van der Waals surface area contributed by atoms with E-state index in [-0.39, 0.29) is 17.7 Å². The van der Waals surface area contributed by atoms with Crippen LogP contribution in [0.5, 0.6) is 0 Å². The van der Waals surface area contributed by atoms with Gasteiger partial charge in [-0.25, -0.2) is 0 Å². The molecule has 6 heteroatoms. The molecule has 4 nitrogen and oxygen atoms in total. The van der Waals surface area contributed by atoms with E-state index in [1.54, 1.807) is 0 Å². The van der Waals surface area contributed by atoms with Crippen molar-refractivity contribution in [3.8, 4) is 5.69 Å². The van der Waals surface area contributed by atoms with E-state index < -0.39 is 0 Å². The zero-order chi connectivity index (χ0) is 23.1. The Bertz CT molecular complexity index is 1440. The van der Waals surface area contributed by atoms with E-state index in [0.29, 0.717) is 4.91 Å². The molecule has 1 fully saturated rings. The summed E-state index contributed by atoms with van der Waals surface area (Å²) in [5, 5.41) is 2.05. The van der Waals surface area contributed by atoms with Gasteiger partial charge in [0.1, 0.15) is 0 Å². The van der Waals surface area contributed by atoms with E-state index in [9.17, 15) is 9.59 Å². The number of halogens is 1. The number of fused-ring (bicyclic) bond motifs is 1. The first-order valence-electron chi connectivity index (χ1n) is 10.6. The Morgan fingerprint density at radius 3 is 2.36 bits per heavy atom. The minimum absolute atomic E-state index is 0.234. The van der Waals surface area contributed by atoms with Gasteiger partial charge in [0.05, 0.1) is 17.1 Å². The number of carbonyl (C=O) groups excluding carboxylic acids is 2. The highest BCUT2D eigenvalue weighted by molar-refractivity contribution is 9.10. The first kappa shape index (κ1) is 21.7. The van der Waals surface area contributed by atoms with Gasteiger partial charge < -0.3 is 4.57 Å². The first-order chi connectivity index (χ1) is 15.9. The summed E-state index contributed by atoms with van der Waals surface area (Å²) >= 11 is 4.65. The molecule has 4 aromatic rings. The van der Waals surface area contributed by atoms with Gasteiger partial charge in [-0.3, -0.25) is 14.5 Å². The van der Waals surface area contributed by atoms with E-state index in [0.717, 1.165) is 55.2 Å². The molecule has 0 unspecified atom stereocenters. The molecule has 164 valence electrons. The van der Waals surface area contributed by atoms with E-state index in [1.165, 1.54) is 4.90 Å². The third kappa shape index (κ3) is 3.94. The molecule has 2 amide bonds. The fraction of sp³-hybridized carbons (Fsp3) is 0.111. The largest absolute Gasteiger partial charge is 0.317 e. The van der Waals surface area contributed by atoms with Crippen LogP contribution in [-0.2, 0) is 11.3 Å². The van der Waals surface area contributed by atoms with Gasteiger partial charge in [-0.05, 0) is 66.4 Å². The lowest BCUT2D eigenvalue weighted by molar-refractivity contribution is -0.123. The Kier molecular flexibility index (Phi) is 5.72. The third-order valence-corrected chi connectivity index (χ3v) is 7.50. The van der Waals surface area contributed by atoms with Crippen molar-refractivity contribution in [3.05, 3.63) is 105 Å². The number of aromatic nitrogens is 1. The molecule has 5 rings (SSSR count).